The number of nitro groups is 3. The molecule has 0 aromatic heterocycles. The molecule has 0 bridgehead atoms. The monoisotopic (exact) mass is 483 g/mol. The average Bonchev–Trinajstić information content (AvgIpc) is 2.64. The van der Waals surface area contributed by atoms with E-state index in [-0.39, 0.29) is 12.1 Å². The predicted octanol–water partition coefficient (Wildman–Crippen LogP) is 2.85. The largest absolute Gasteiger partial charge is 0.744 e. The molecule has 12 nitrogen and oxygen atoms in total. The third-order valence-corrected chi connectivity index (χ3v) is 9.59. The van der Waals surface area contributed by atoms with Gasteiger partial charge in [0.2, 0.25) is 4.90 Å². The minimum atomic E-state index is -5.55. The van der Waals surface area contributed by atoms with E-state index in [0.29, 0.717) is 10.9 Å². The summed E-state index contributed by atoms with van der Waals surface area (Å²) in [6.45, 7) is 4.82. The van der Waals surface area contributed by atoms with E-state index in [1.54, 1.807) is 0 Å². The minimum Gasteiger partial charge on any atom is -0.744 e. The first-order chi connectivity index (χ1) is 13.8. The van der Waals surface area contributed by atoms with Crippen LogP contribution in [0.2, 0.25) is 0 Å². The maximum atomic E-state index is 10.8. The Hall–Kier alpha value is -1.97. The van der Waals surface area contributed by atoms with Gasteiger partial charge in [-0.15, -0.1) is 0 Å². The van der Waals surface area contributed by atoms with Crippen LogP contribution in [0.25, 0.3) is 0 Å². The number of rotatable bonds is 4. The van der Waals surface area contributed by atoms with Crippen LogP contribution in [0.1, 0.15) is 26.7 Å². The maximum Gasteiger partial charge on any atom is 0.300 e. The van der Waals surface area contributed by atoms with Crippen LogP contribution in [0, 0.1) is 30.3 Å². The van der Waals surface area contributed by atoms with E-state index in [1.807, 2.05) is 0 Å². The molecule has 2 rings (SSSR count). The second-order valence-corrected chi connectivity index (χ2v) is 11.8. The van der Waals surface area contributed by atoms with Gasteiger partial charge < -0.3 is 4.55 Å². The van der Waals surface area contributed by atoms with Gasteiger partial charge in [0.05, 0.1) is 33.2 Å². The van der Waals surface area contributed by atoms with Crippen molar-refractivity contribution >= 4 is 49.8 Å². The normalized spacial score (nSPS) is 22.1. The Morgan fingerprint density at radius 3 is 1.90 bits per heavy atom. The van der Waals surface area contributed by atoms with E-state index in [2.05, 4.69) is 31.9 Å². The molecule has 1 aliphatic heterocycles. The zero-order chi connectivity index (χ0) is 23.2. The molecular weight excluding hydrogens is 462 g/mol. The Bertz CT molecular complexity index is 876. The first kappa shape index (κ1) is 26.1. The fraction of sp³-hybridized carbons (Fsp3) is 0.600. The highest BCUT2D eigenvalue weighted by Gasteiger charge is 2.34. The molecule has 3 unspecified atom stereocenters. The fourth-order valence-corrected chi connectivity index (χ4v) is 6.85. The molecule has 0 aliphatic carbocycles. The van der Waals surface area contributed by atoms with Crippen LogP contribution in [-0.2, 0) is 21.0 Å². The highest BCUT2D eigenvalue weighted by Crippen LogP contribution is 2.36. The molecule has 1 fully saturated rings. The van der Waals surface area contributed by atoms with Gasteiger partial charge in [-0.1, -0.05) is 0 Å². The summed E-state index contributed by atoms with van der Waals surface area (Å²) in [6.07, 6.45) is 5.34. The molecule has 30 heavy (non-hydrogen) atoms. The molecule has 0 saturated carbocycles. The molecule has 0 N–H and O–H groups in total. The Kier molecular flexibility index (Phi) is 9.45. The van der Waals surface area contributed by atoms with E-state index in [1.165, 1.54) is 24.3 Å². The van der Waals surface area contributed by atoms with Gasteiger partial charge in [-0.05, 0) is 43.3 Å². The Balaban J connectivity index is 0.000000346. The summed E-state index contributed by atoms with van der Waals surface area (Å²) in [5.41, 5.74) is -4.11. The zero-order valence-corrected chi connectivity index (χ0v) is 18.8. The third kappa shape index (κ3) is 7.07. The van der Waals surface area contributed by atoms with Crippen molar-refractivity contribution in [1.29, 1.82) is 0 Å². The predicted molar refractivity (Wildman–Crippen MR) is 113 cm³/mol. The second-order valence-electron chi connectivity index (χ2n) is 6.42. The smallest absolute Gasteiger partial charge is 0.300 e. The van der Waals surface area contributed by atoms with Gasteiger partial charge in [0.15, 0.2) is 0 Å². The number of benzene rings is 1. The van der Waals surface area contributed by atoms with E-state index in [4.69, 9.17) is 0 Å². The molecule has 0 spiro atoms. The summed E-state index contributed by atoms with van der Waals surface area (Å²) >= 11 is 2.17. The summed E-state index contributed by atoms with van der Waals surface area (Å²) in [4.78, 5) is 25.8. The van der Waals surface area contributed by atoms with Crippen molar-refractivity contribution in [2.75, 3.05) is 17.8 Å². The summed E-state index contributed by atoms with van der Waals surface area (Å²) in [5.74, 6) is 2.87. The van der Waals surface area contributed by atoms with Crippen molar-refractivity contribution in [2.24, 2.45) is 0 Å². The molecular formula is C15H21N3O9S3. The molecule has 1 heterocycles. The van der Waals surface area contributed by atoms with Gasteiger partial charge >= 0.3 is 11.4 Å². The number of nitro benzene ring substituents is 3. The molecule has 168 valence electrons. The zero-order valence-electron chi connectivity index (χ0n) is 16.4. The first-order valence-corrected chi connectivity index (χ1v) is 12.9. The summed E-state index contributed by atoms with van der Waals surface area (Å²) < 4.78 is 32.5. The van der Waals surface area contributed by atoms with Crippen LogP contribution >= 0.6 is 11.8 Å². The SMILES string of the molecule is CC1SCCCC[S+](C)C1C.O=[N+]([O-])c1cc([N+](=O)[O-])c(S(=O)(=O)[O-])c([N+](=O)[O-])c1. The highest BCUT2D eigenvalue weighted by atomic mass is 32.2. The van der Waals surface area contributed by atoms with E-state index in [0.717, 1.165) is 10.5 Å². The van der Waals surface area contributed by atoms with Crippen molar-refractivity contribution < 1.29 is 27.7 Å². The van der Waals surface area contributed by atoms with Crippen molar-refractivity contribution in [1.82, 2.24) is 0 Å². The summed E-state index contributed by atoms with van der Waals surface area (Å²) in [5, 5.41) is 33.4. The quantitative estimate of drug-likeness (QED) is 0.266. The molecule has 1 aromatic carbocycles. The highest BCUT2D eigenvalue weighted by molar-refractivity contribution is 8.02. The number of hydrogen-bond donors (Lipinski definition) is 0. The molecule has 3 atom stereocenters. The average molecular weight is 484 g/mol. The lowest BCUT2D eigenvalue weighted by Crippen LogP contribution is -2.30. The van der Waals surface area contributed by atoms with Crippen LogP contribution in [-0.4, -0.2) is 56.0 Å². The lowest BCUT2D eigenvalue weighted by Gasteiger charge is -2.21. The second kappa shape index (κ2) is 10.9. The molecule has 1 aromatic rings. The first-order valence-electron chi connectivity index (χ1n) is 8.57. The van der Waals surface area contributed by atoms with Crippen molar-refractivity contribution in [3.63, 3.8) is 0 Å². The summed E-state index contributed by atoms with van der Waals surface area (Å²) in [6, 6.07) is 0.329. The topological polar surface area (TPSA) is 187 Å². The Morgan fingerprint density at radius 1 is 1.00 bits per heavy atom. The van der Waals surface area contributed by atoms with Gasteiger partial charge in [0.1, 0.15) is 21.1 Å². The molecule has 1 saturated heterocycles. The lowest BCUT2D eigenvalue weighted by atomic mass is 10.2. The Labute approximate surface area is 180 Å². The number of non-ortho nitro benzene ring substituents is 1. The van der Waals surface area contributed by atoms with Crippen LogP contribution in [0.5, 0.6) is 0 Å². The van der Waals surface area contributed by atoms with Gasteiger partial charge in [-0.25, -0.2) is 8.42 Å². The van der Waals surface area contributed by atoms with E-state index < -0.39 is 46.8 Å². The molecule has 1 aliphatic rings. The van der Waals surface area contributed by atoms with Crippen molar-refractivity contribution in [2.45, 2.75) is 42.1 Å². The van der Waals surface area contributed by atoms with Crippen molar-refractivity contribution in [3.8, 4) is 0 Å². The van der Waals surface area contributed by atoms with Crippen LogP contribution < -0.4 is 0 Å². The van der Waals surface area contributed by atoms with E-state index >= 15 is 0 Å². The fourth-order valence-electron chi connectivity index (χ4n) is 2.57. The number of hydrogen-bond acceptors (Lipinski definition) is 10. The van der Waals surface area contributed by atoms with Crippen molar-refractivity contribution in [3.05, 3.63) is 42.5 Å². The van der Waals surface area contributed by atoms with Crippen LogP contribution in [0.15, 0.2) is 17.0 Å². The number of nitrogens with zero attached hydrogens (tertiary/aromatic N) is 3. The maximum absolute atomic E-state index is 10.8. The van der Waals surface area contributed by atoms with Gasteiger partial charge in [0, 0.05) is 5.25 Å². The van der Waals surface area contributed by atoms with E-state index in [9.17, 15) is 43.3 Å². The Morgan fingerprint density at radius 2 is 1.50 bits per heavy atom. The third-order valence-electron chi connectivity index (χ3n) is 4.43. The molecule has 0 amide bonds. The molecule has 15 heteroatoms. The van der Waals surface area contributed by atoms with Gasteiger partial charge in [-0.3, -0.25) is 30.3 Å². The number of thioether (sulfide) groups is 1. The minimum absolute atomic E-state index is 0.164. The van der Waals surface area contributed by atoms with Crippen LogP contribution in [0.4, 0.5) is 17.1 Å². The standard InChI is InChI=1S/C9H19S2.C6H3N3O9S/c1-8-9(2)11(3)7-5-4-6-10-8;10-7(11)3-1-4(8(12)13)6(19(16,17)18)5(2-3)9(14)15/h8-9H,4-7H2,1-3H3;1-2H,(H,16,17,18)/q+1;/p-1. The van der Waals surface area contributed by atoms with Gasteiger partial charge in [0.25, 0.3) is 5.69 Å². The molecule has 0 radical (unpaired) electrons. The summed E-state index contributed by atoms with van der Waals surface area (Å²) in [7, 11) is -4.87. The lowest BCUT2D eigenvalue weighted by molar-refractivity contribution is -0.407. The van der Waals surface area contributed by atoms with Crippen LogP contribution in [0.3, 0.4) is 0 Å². The van der Waals surface area contributed by atoms with Gasteiger partial charge in [-0.2, -0.15) is 11.8 Å².